The summed E-state index contributed by atoms with van der Waals surface area (Å²) in [4.78, 5) is 24.2. The molecule has 0 aliphatic carbocycles. The summed E-state index contributed by atoms with van der Waals surface area (Å²) in [5.74, 6) is -0.616. The maximum atomic E-state index is 12.3. The lowest BCUT2D eigenvalue weighted by molar-refractivity contribution is -0.131. The summed E-state index contributed by atoms with van der Waals surface area (Å²) in [6, 6.07) is 19.2. The first-order chi connectivity index (χ1) is 15.5. The molecule has 32 heavy (non-hydrogen) atoms. The third-order valence-electron chi connectivity index (χ3n) is 5.22. The number of aromatic nitrogens is 1. The minimum Gasteiger partial charge on any atom is -0.426 e. The fourth-order valence-corrected chi connectivity index (χ4v) is 4.00. The lowest BCUT2D eigenvalue weighted by atomic mass is 10.0. The van der Waals surface area contributed by atoms with E-state index in [0.717, 1.165) is 22.2 Å². The van der Waals surface area contributed by atoms with E-state index < -0.39 is 11.9 Å². The fourth-order valence-electron chi connectivity index (χ4n) is 4.00. The molecule has 0 saturated carbocycles. The van der Waals surface area contributed by atoms with Crippen molar-refractivity contribution in [2.75, 3.05) is 6.61 Å². The second kappa shape index (κ2) is 9.08. The van der Waals surface area contributed by atoms with Crippen LogP contribution in [0.25, 0.3) is 21.8 Å². The van der Waals surface area contributed by atoms with Crippen LogP contribution in [0.3, 0.4) is 0 Å². The van der Waals surface area contributed by atoms with Crippen LogP contribution >= 0.6 is 0 Å². The van der Waals surface area contributed by atoms with E-state index in [4.69, 9.17) is 15.2 Å². The van der Waals surface area contributed by atoms with Gasteiger partial charge < -0.3 is 19.8 Å². The number of ether oxygens (including phenoxy) is 2. The van der Waals surface area contributed by atoms with Gasteiger partial charge in [-0.25, -0.2) is 0 Å². The van der Waals surface area contributed by atoms with Gasteiger partial charge in [0, 0.05) is 24.4 Å². The van der Waals surface area contributed by atoms with Crippen molar-refractivity contribution in [3.63, 3.8) is 0 Å². The molecule has 4 aromatic rings. The van der Waals surface area contributed by atoms with Gasteiger partial charge in [-0.1, -0.05) is 42.5 Å². The molecule has 1 aromatic heterocycles. The van der Waals surface area contributed by atoms with E-state index in [1.165, 1.54) is 6.92 Å². The van der Waals surface area contributed by atoms with Gasteiger partial charge >= 0.3 is 5.97 Å². The Hall–Kier alpha value is -3.90. The number of carbonyl (C=O) groups excluding carboxylic acids is 2. The molecule has 162 valence electrons. The molecule has 0 fully saturated rings. The number of esters is 1. The summed E-state index contributed by atoms with van der Waals surface area (Å²) in [5.41, 5.74) is 9.68. The molecule has 3 aromatic carbocycles. The Balaban J connectivity index is 2.05. The number of nitrogens with zero attached hydrogens (tertiary/aromatic N) is 1. The van der Waals surface area contributed by atoms with Crippen molar-refractivity contribution in [3.05, 3.63) is 90.0 Å². The Morgan fingerprint density at radius 2 is 1.78 bits per heavy atom. The molecule has 0 radical (unpaired) electrons. The first-order valence-corrected chi connectivity index (χ1v) is 10.3. The van der Waals surface area contributed by atoms with Crippen molar-refractivity contribution in [3.8, 4) is 5.75 Å². The molecule has 0 saturated heterocycles. The van der Waals surface area contributed by atoms with Gasteiger partial charge in [-0.05, 0) is 35.4 Å². The summed E-state index contributed by atoms with van der Waals surface area (Å²) in [5, 5.41) is 1.34. The van der Waals surface area contributed by atoms with Crippen molar-refractivity contribution in [1.82, 2.24) is 4.57 Å². The van der Waals surface area contributed by atoms with Gasteiger partial charge in [0.2, 0.25) is 5.91 Å². The first kappa shape index (κ1) is 21.3. The smallest absolute Gasteiger partial charge is 0.308 e. The minimum atomic E-state index is -0.540. The second-order valence-electron chi connectivity index (χ2n) is 7.52. The summed E-state index contributed by atoms with van der Waals surface area (Å²) in [7, 11) is 0. The Labute approximate surface area is 185 Å². The Morgan fingerprint density at radius 3 is 2.47 bits per heavy atom. The van der Waals surface area contributed by atoms with Crippen LogP contribution in [0.2, 0.25) is 0 Å². The zero-order valence-corrected chi connectivity index (χ0v) is 17.8. The van der Waals surface area contributed by atoms with Gasteiger partial charge in [0.25, 0.3) is 0 Å². The van der Waals surface area contributed by atoms with Crippen LogP contribution in [0.5, 0.6) is 5.75 Å². The standard InChI is InChI=1S/C26H24N2O4/c1-3-12-31-16-19-13-22-25(23(14-19)32-17(2)29)24-20(26(27)30)10-7-11-21(24)28(22)15-18-8-5-4-6-9-18/h3-11,13-14H,1,12,15-16H2,2H3,(H2,27,30). The molecule has 0 bridgehead atoms. The van der Waals surface area contributed by atoms with E-state index in [-0.39, 0.29) is 0 Å². The molecular weight excluding hydrogens is 404 g/mol. The van der Waals surface area contributed by atoms with Crippen LogP contribution in [0, 0.1) is 0 Å². The summed E-state index contributed by atoms with van der Waals surface area (Å²) < 4.78 is 13.3. The maximum absolute atomic E-state index is 12.3. The Morgan fingerprint density at radius 1 is 1.00 bits per heavy atom. The molecule has 1 heterocycles. The topological polar surface area (TPSA) is 83.6 Å². The highest BCUT2D eigenvalue weighted by Crippen LogP contribution is 2.39. The number of rotatable bonds is 8. The molecule has 0 aliphatic heterocycles. The van der Waals surface area contributed by atoms with Gasteiger partial charge in [-0.3, -0.25) is 9.59 Å². The summed E-state index contributed by atoms with van der Waals surface area (Å²) in [6.45, 7) is 6.32. The van der Waals surface area contributed by atoms with Crippen molar-refractivity contribution in [2.45, 2.75) is 20.1 Å². The monoisotopic (exact) mass is 428 g/mol. The van der Waals surface area contributed by atoms with Crippen LogP contribution in [0.15, 0.2) is 73.3 Å². The van der Waals surface area contributed by atoms with Gasteiger partial charge in [0.1, 0.15) is 5.75 Å². The number of carbonyl (C=O) groups is 2. The predicted molar refractivity (Wildman–Crippen MR) is 125 cm³/mol. The largest absolute Gasteiger partial charge is 0.426 e. The predicted octanol–water partition coefficient (Wildman–Crippen LogP) is 4.57. The molecule has 0 aliphatic rings. The molecule has 2 N–H and O–H groups in total. The lowest BCUT2D eigenvalue weighted by Gasteiger charge is -2.11. The van der Waals surface area contributed by atoms with Crippen molar-refractivity contribution < 1.29 is 19.1 Å². The van der Waals surface area contributed by atoms with Gasteiger partial charge in [0.05, 0.1) is 29.6 Å². The van der Waals surface area contributed by atoms with Gasteiger partial charge in [-0.2, -0.15) is 0 Å². The molecule has 6 heteroatoms. The zero-order valence-electron chi connectivity index (χ0n) is 17.8. The molecule has 1 amide bonds. The second-order valence-corrected chi connectivity index (χ2v) is 7.52. The highest BCUT2D eigenvalue weighted by Gasteiger charge is 2.21. The number of amides is 1. The van der Waals surface area contributed by atoms with Crippen LogP contribution in [-0.4, -0.2) is 23.1 Å². The number of benzene rings is 3. The molecule has 4 rings (SSSR count). The number of hydrogen-bond acceptors (Lipinski definition) is 4. The molecule has 0 spiro atoms. The van der Waals surface area contributed by atoms with Crippen LogP contribution in [-0.2, 0) is 22.7 Å². The highest BCUT2D eigenvalue weighted by molar-refractivity contribution is 6.20. The number of hydrogen-bond donors (Lipinski definition) is 1. The molecule has 0 atom stereocenters. The Kier molecular flexibility index (Phi) is 6.05. The summed E-state index contributed by atoms with van der Waals surface area (Å²) >= 11 is 0. The van der Waals surface area contributed by atoms with E-state index in [9.17, 15) is 9.59 Å². The quantitative estimate of drug-likeness (QED) is 0.193. The highest BCUT2D eigenvalue weighted by atomic mass is 16.5. The molecule has 0 unspecified atom stereocenters. The minimum absolute atomic E-state index is 0.325. The van der Waals surface area contributed by atoms with E-state index in [1.54, 1.807) is 18.2 Å². The van der Waals surface area contributed by atoms with E-state index in [0.29, 0.717) is 41.8 Å². The maximum Gasteiger partial charge on any atom is 0.308 e. The van der Waals surface area contributed by atoms with Crippen molar-refractivity contribution in [2.24, 2.45) is 5.73 Å². The average Bonchev–Trinajstić information content (AvgIpc) is 3.08. The normalized spacial score (nSPS) is 11.0. The number of primary amides is 1. The third-order valence-corrected chi connectivity index (χ3v) is 5.22. The molecule has 6 nitrogen and oxygen atoms in total. The van der Waals surface area contributed by atoms with E-state index in [2.05, 4.69) is 11.1 Å². The van der Waals surface area contributed by atoms with Crippen LogP contribution in [0.4, 0.5) is 0 Å². The fraction of sp³-hybridized carbons (Fsp3) is 0.154. The first-order valence-electron chi connectivity index (χ1n) is 10.3. The molecular formula is C26H24N2O4. The summed E-state index contributed by atoms with van der Waals surface area (Å²) in [6.07, 6.45) is 1.68. The number of fused-ring (bicyclic) bond motifs is 3. The van der Waals surface area contributed by atoms with Crippen LogP contribution in [0.1, 0.15) is 28.4 Å². The van der Waals surface area contributed by atoms with Gasteiger partial charge in [-0.15, -0.1) is 6.58 Å². The van der Waals surface area contributed by atoms with Crippen molar-refractivity contribution >= 4 is 33.7 Å². The van der Waals surface area contributed by atoms with Crippen LogP contribution < -0.4 is 10.5 Å². The zero-order chi connectivity index (χ0) is 22.7. The third kappa shape index (κ3) is 4.13. The van der Waals surface area contributed by atoms with E-state index >= 15 is 0 Å². The lowest BCUT2D eigenvalue weighted by Crippen LogP contribution is -2.11. The van der Waals surface area contributed by atoms with Crippen molar-refractivity contribution in [1.29, 1.82) is 0 Å². The average molecular weight is 428 g/mol. The van der Waals surface area contributed by atoms with E-state index in [1.807, 2.05) is 48.5 Å². The Bertz CT molecular complexity index is 1320. The number of nitrogens with two attached hydrogens (primary N) is 1. The van der Waals surface area contributed by atoms with Gasteiger partial charge in [0.15, 0.2) is 0 Å². The SMILES string of the molecule is C=CCOCc1cc(OC(C)=O)c2c3c(C(N)=O)cccc3n(Cc3ccccc3)c2c1.